The van der Waals surface area contributed by atoms with Gasteiger partial charge in [0.05, 0.1) is 14.9 Å². The molecule has 0 atom stereocenters. The molecule has 1 aromatic carbocycles. The molecule has 0 saturated heterocycles. The number of hydrogen-bond acceptors (Lipinski definition) is 5. The Morgan fingerprint density at radius 3 is 2.55 bits per heavy atom. The van der Waals surface area contributed by atoms with Crippen molar-refractivity contribution < 1.29 is 13.3 Å². The van der Waals surface area contributed by atoms with Crippen LogP contribution in [0.15, 0.2) is 34.5 Å². The van der Waals surface area contributed by atoms with E-state index >= 15 is 0 Å². The van der Waals surface area contributed by atoms with Gasteiger partial charge in [0.2, 0.25) is 0 Å². The van der Waals surface area contributed by atoms with Gasteiger partial charge >= 0.3 is 0 Å². The van der Waals surface area contributed by atoms with Crippen molar-refractivity contribution in [3.63, 3.8) is 0 Å². The smallest absolute Gasteiger partial charge is 0.271 e. The van der Waals surface area contributed by atoms with Gasteiger partial charge in [0.1, 0.15) is 4.21 Å². The zero-order valence-electron chi connectivity index (χ0n) is 10.2. The van der Waals surface area contributed by atoms with E-state index < -0.39 is 14.9 Å². The number of nitrogens with one attached hydrogen (secondary N) is 1. The Labute approximate surface area is 124 Å². The van der Waals surface area contributed by atoms with Gasteiger partial charge in [-0.3, -0.25) is 14.8 Å². The molecular weight excluding hydrogens is 324 g/mol. The summed E-state index contributed by atoms with van der Waals surface area (Å²) in [6.07, 6.45) is 0. The second-order valence-corrected chi connectivity index (χ2v) is 7.54. The Kier molecular flexibility index (Phi) is 3.98. The van der Waals surface area contributed by atoms with Gasteiger partial charge in [-0.05, 0) is 24.6 Å². The van der Waals surface area contributed by atoms with E-state index in [9.17, 15) is 18.5 Å². The average Bonchev–Trinajstić information content (AvgIpc) is 2.79. The number of sulfonamides is 1. The van der Waals surface area contributed by atoms with E-state index in [-0.39, 0.29) is 15.6 Å². The maximum Gasteiger partial charge on any atom is 0.271 e. The molecule has 0 unspecified atom stereocenters. The van der Waals surface area contributed by atoms with Gasteiger partial charge in [-0.25, -0.2) is 8.42 Å². The lowest BCUT2D eigenvalue weighted by Crippen LogP contribution is -2.12. The molecule has 0 bridgehead atoms. The minimum absolute atomic E-state index is 0.0495. The van der Waals surface area contributed by atoms with Crippen LogP contribution in [-0.4, -0.2) is 13.3 Å². The normalized spacial score (nSPS) is 11.3. The number of non-ortho nitro benzene ring substituents is 1. The summed E-state index contributed by atoms with van der Waals surface area (Å²) in [5.41, 5.74) is 0.572. The third-order valence-electron chi connectivity index (χ3n) is 2.49. The Morgan fingerprint density at radius 1 is 1.30 bits per heavy atom. The quantitative estimate of drug-likeness (QED) is 0.686. The summed E-state index contributed by atoms with van der Waals surface area (Å²) < 4.78 is 27.0. The maximum atomic E-state index is 12.1. The Morgan fingerprint density at radius 2 is 2.00 bits per heavy atom. The molecule has 0 aliphatic rings. The first-order chi connectivity index (χ1) is 9.29. The van der Waals surface area contributed by atoms with Crippen LogP contribution in [0, 0.1) is 17.0 Å². The molecule has 0 saturated carbocycles. The van der Waals surface area contributed by atoms with Gasteiger partial charge in [0, 0.05) is 12.1 Å². The number of halogens is 1. The number of nitrogens with zero attached hydrogens (tertiary/aromatic N) is 1. The molecule has 1 heterocycles. The highest BCUT2D eigenvalue weighted by molar-refractivity contribution is 7.94. The standard InChI is InChI=1S/C11H9ClN2O4S2/c1-7-2-3-8(14(15)16)6-9(7)13-20(17,18)11-5-4-10(12)19-11/h2-6,13H,1H3. The maximum absolute atomic E-state index is 12.1. The van der Waals surface area contributed by atoms with Gasteiger partial charge in [0.25, 0.3) is 15.7 Å². The van der Waals surface area contributed by atoms with Crippen molar-refractivity contribution in [2.45, 2.75) is 11.1 Å². The molecule has 1 aromatic heterocycles. The van der Waals surface area contributed by atoms with E-state index in [1.54, 1.807) is 6.92 Å². The number of rotatable bonds is 4. The molecule has 6 nitrogen and oxygen atoms in total. The van der Waals surface area contributed by atoms with E-state index in [0.717, 1.165) is 11.3 Å². The van der Waals surface area contributed by atoms with Gasteiger partial charge in [0.15, 0.2) is 0 Å². The molecule has 0 aliphatic carbocycles. The molecule has 0 amide bonds. The Bertz CT molecular complexity index is 770. The highest BCUT2D eigenvalue weighted by Gasteiger charge is 2.19. The number of anilines is 1. The van der Waals surface area contributed by atoms with E-state index in [2.05, 4.69) is 4.72 Å². The highest BCUT2D eigenvalue weighted by atomic mass is 35.5. The van der Waals surface area contributed by atoms with Crippen LogP contribution in [0.5, 0.6) is 0 Å². The van der Waals surface area contributed by atoms with Crippen molar-refractivity contribution in [3.05, 3.63) is 50.3 Å². The first kappa shape index (κ1) is 14.8. The third kappa shape index (κ3) is 3.09. The lowest BCUT2D eigenvalue weighted by Gasteiger charge is -2.08. The average molecular weight is 333 g/mol. The second kappa shape index (κ2) is 5.39. The van der Waals surface area contributed by atoms with E-state index in [1.165, 1.54) is 30.3 Å². The van der Waals surface area contributed by atoms with Gasteiger partial charge in [-0.2, -0.15) is 0 Å². The van der Waals surface area contributed by atoms with E-state index in [4.69, 9.17) is 11.6 Å². The first-order valence-electron chi connectivity index (χ1n) is 5.33. The summed E-state index contributed by atoms with van der Waals surface area (Å²) in [6, 6.07) is 6.83. The van der Waals surface area contributed by atoms with Crippen molar-refractivity contribution in [1.82, 2.24) is 0 Å². The van der Waals surface area contributed by atoms with Crippen molar-refractivity contribution in [2.75, 3.05) is 4.72 Å². The summed E-state index contributed by atoms with van der Waals surface area (Å²) in [4.78, 5) is 10.1. The minimum atomic E-state index is -3.80. The molecule has 0 spiro atoms. The summed E-state index contributed by atoms with van der Waals surface area (Å²) in [5.74, 6) is 0. The fourth-order valence-electron chi connectivity index (χ4n) is 1.47. The fourth-order valence-corrected chi connectivity index (χ4v) is 4.08. The lowest BCUT2D eigenvalue weighted by molar-refractivity contribution is -0.384. The number of aryl methyl sites for hydroxylation is 1. The summed E-state index contributed by atoms with van der Waals surface area (Å²) in [5, 5.41) is 10.7. The molecular formula is C11H9ClN2O4S2. The minimum Gasteiger partial charge on any atom is -0.278 e. The number of benzene rings is 1. The topological polar surface area (TPSA) is 89.3 Å². The molecule has 106 valence electrons. The van der Waals surface area contributed by atoms with Crippen molar-refractivity contribution >= 4 is 44.3 Å². The fraction of sp³-hybridized carbons (Fsp3) is 0.0909. The molecule has 1 N–H and O–H groups in total. The van der Waals surface area contributed by atoms with Gasteiger partial charge < -0.3 is 0 Å². The molecule has 2 rings (SSSR count). The van der Waals surface area contributed by atoms with E-state index in [0.29, 0.717) is 9.90 Å². The predicted octanol–water partition coefficient (Wildman–Crippen LogP) is 3.42. The van der Waals surface area contributed by atoms with Crippen LogP contribution >= 0.6 is 22.9 Å². The molecule has 9 heteroatoms. The Hall–Kier alpha value is -1.64. The summed E-state index contributed by atoms with van der Waals surface area (Å²) >= 11 is 6.62. The van der Waals surface area contributed by atoms with Crippen LogP contribution in [0.4, 0.5) is 11.4 Å². The van der Waals surface area contributed by atoms with Gasteiger partial charge in [-0.1, -0.05) is 17.7 Å². The Balaban J connectivity index is 2.39. The van der Waals surface area contributed by atoms with Crippen LogP contribution < -0.4 is 4.72 Å². The van der Waals surface area contributed by atoms with Gasteiger partial charge in [-0.15, -0.1) is 11.3 Å². The largest absolute Gasteiger partial charge is 0.278 e. The molecule has 0 aliphatic heterocycles. The predicted molar refractivity (Wildman–Crippen MR) is 78.0 cm³/mol. The van der Waals surface area contributed by atoms with E-state index in [1.807, 2.05) is 0 Å². The highest BCUT2D eigenvalue weighted by Crippen LogP contribution is 2.29. The number of hydrogen-bond donors (Lipinski definition) is 1. The first-order valence-corrected chi connectivity index (χ1v) is 8.00. The number of nitro groups is 1. The summed E-state index contributed by atoms with van der Waals surface area (Å²) in [6.45, 7) is 1.66. The second-order valence-electron chi connectivity index (χ2n) is 3.92. The molecule has 0 radical (unpaired) electrons. The third-order valence-corrected chi connectivity index (χ3v) is 5.58. The van der Waals surface area contributed by atoms with Crippen LogP contribution in [0.1, 0.15) is 5.56 Å². The van der Waals surface area contributed by atoms with Crippen LogP contribution in [-0.2, 0) is 10.0 Å². The lowest BCUT2D eigenvalue weighted by atomic mass is 10.2. The zero-order chi connectivity index (χ0) is 14.9. The molecule has 0 fully saturated rings. The van der Waals surface area contributed by atoms with Crippen LogP contribution in [0.25, 0.3) is 0 Å². The summed E-state index contributed by atoms with van der Waals surface area (Å²) in [7, 11) is -3.80. The van der Waals surface area contributed by atoms with Crippen LogP contribution in [0.2, 0.25) is 4.34 Å². The van der Waals surface area contributed by atoms with Crippen molar-refractivity contribution in [3.8, 4) is 0 Å². The number of nitro benzene ring substituents is 1. The zero-order valence-corrected chi connectivity index (χ0v) is 12.6. The van der Waals surface area contributed by atoms with Crippen LogP contribution in [0.3, 0.4) is 0 Å². The molecule has 20 heavy (non-hydrogen) atoms. The number of thiophene rings is 1. The molecule has 2 aromatic rings. The SMILES string of the molecule is Cc1ccc([N+](=O)[O-])cc1NS(=O)(=O)c1ccc(Cl)s1. The van der Waals surface area contributed by atoms with Crippen molar-refractivity contribution in [2.24, 2.45) is 0 Å². The van der Waals surface area contributed by atoms with Crippen molar-refractivity contribution in [1.29, 1.82) is 0 Å². The monoisotopic (exact) mass is 332 g/mol.